The molecule has 0 aliphatic rings. The molecule has 2 aromatic heterocycles. The summed E-state index contributed by atoms with van der Waals surface area (Å²) in [5.41, 5.74) is 1.44. The minimum Gasteiger partial charge on any atom is -0.352 e. The summed E-state index contributed by atoms with van der Waals surface area (Å²) in [6.07, 6.45) is 5.84. The third-order valence-electron chi connectivity index (χ3n) is 3.08. The number of nitrogens with zero attached hydrogens (tertiary/aromatic N) is 3. The topological polar surface area (TPSA) is 79.8 Å². The van der Waals surface area contributed by atoms with Gasteiger partial charge in [-0.1, -0.05) is 0 Å². The van der Waals surface area contributed by atoms with Crippen LogP contribution >= 0.6 is 11.3 Å². The van der Waals surface area contributed by atoms with Crippen molar-refractivity contribution in [2.24, 2.45) is 0 Å². The van der Waals surface area contributed by atoms with Crippen LogP contribution in [0.2, 0.25) is 0 Å². The highest BCUT2D eigenvalue weighted by atomic mass is 32.1. The molecule has 0 aliphatic heterocycles. The van der Waals surface area contributed by atoms with E-state index in [1.807, 2.05) is 17.5 Å². The number of carbonyl (C=O) groups excluding carboxylic acids is 1. The first-order chi connectivity index (χ1) is 11.3. The van der Waals surface area contributed by atoms with E-state index in [9.17, 15) is 4.79 Å². The molecule has 1 amide bonds. The molecule has 0 saturated carbocycles. The van der Waals surface area contributed by atoms with Gasteiger partial charge in [-0.3, -0.25) is 4.79 Å². The predicted octanol–water partition coefficient (Wildman–Crippen LogP) is 2.65. The van der Waals surface area contributed by atoms with Crippen LogP contribution in [0.1, 0.15) is 15.4 Å². The van der Waals surface area contributed by atoms with Gasteiger partial charge in [0.1, 0.15) is 0 Å². The molecule has 0 atom stereocenters. The van der Waals surface area contributed by atoms with Gasteiger partial charge in [-0.2, -0.15) is 0 Å². The highest BCUT2D eigenvalue weighted by Gasteiger charge is 2.06. The van der Waals surface area contributed by atoms with Gasteiger partial charge >= 0.3 is 0 Å². The number of anilines is 2. The molecule has 6 nitrogen and oxygen atoms in total. The Morgan fingerprint density at radius 1 is 1.04 bits per heavy atom. The van der Waals surface area contributed by atoms with Gasteiger partial charge in [-0.05, 0) is 30.3 Å². The minimum absolute atomic E-state index is 0.0935. The zero-order chi connectivity index (χ0) is 15.9. The average Bonchev–Trinajstić information content (AvgIpc) is 3.10. The Bertz CT molecular complexity index is 744. The Labute approximate surface area is 137 Å². The maximum absolute atomic E-state index is 12.1. The fourth-order valence-electron chi connectivity index (χ4n) is 1.96. The number of nitrogens with one attached hydrogen (secondary N) is 2. The van der Waals surface area contributed by atoms with Crippen molar-refractivity contribution in [3.63, 3.8) is 0 Å². The van der Waals surface area contributed by atoms with E-state index in [0.29, 0.717) is 18.1 Å². The summed E-state index contributed by atoms with van der Waals surface area (Å²) in [7, 11) is 0. The van der Waals surface area contributed by atoms with Crippen molar-refractivity contribution in [2.45, 2.75) is 6.42 Å². The first-order valence-electron chi connectivity index (χ1n) is 7.12. The molecule has 2 N–H and O–H groups in total. The Morgan fingerprint density at radius 3 is 2.52 bits per heavy atom. The second kappa shape index (κ2) is 7.46. The van der Waals surface area contributed by atoms with Crippen LogP contribution in [0.3, 0.4) is 0 Å². The van der Waals surface area contributed by atoms with Crippen LogP contribution in [0.25, 0.3) is 0 Å². The molecule has 0 bridgehead atoms. The first kappa shape index (κ1) is 15.1. The lowest BCUT2D eigenvalue weighted by molar-refractivity contribution is 0.0954. The molecule has 1 aromatic carbocycles. The molecule has 2 heterocycles. The zero-order valence-corrected chi connectivity index (χ0v) is 13.1. The highest BCUT2D eigenvalue weighted by molar-refractivity contribution is 7.09. The van der Waals surface area contributed by atoms with Crippen LogP contribution in [0.5, 0.6) is 0 Å². The van der Waals surface area contributed by atoms with Crippen LogP contribution in [-0.4, -0.2) is 27.4 Å². The number of thiazole rings is 1. The Hall–Kier alpha value is -2.80. The monoisotopic (exact) mass is 325 g/mol. The van der Waals surface area contributed by atoms with Crippen LogP contribution in [0, 0.1) is 0 Å². The molecule has 0 aliphatic carbocycles. The van der Waals surface area contributed by atoms with E-state index in [1.165, 1.54) is 0 Å². The average molecular weight is 325 g/mol. The van der Waals surface area contributed by atoms with Crippen molar-refractivity contribution in [3.05, 3.63) is 64.9 Å². The van der Waals surface area contributed by atoms with Crippen LogP contribution in [-0.2, 0) is 6.42 Å². The summed E-state index contributed by atoms with van der Waals surface area (Å²) in [6, 6.07) is 8.94. The molecule has 0 saturated heterocycles. The Balaban J connectivity index is 1.53. The van der Waals surface area contributed by atoms with Gasteiger partial charge in [-0.25, -0.2) is 15.0 Å². The van der Waals surface area contributed by atoms with Crippen molar-refractivity contribution >= 4 is 28.9 Å². The van der Waals surface area contributed by atoms with Crippen molar-refractivity contribution in [1.82, 2.24) is 20.3 Å². The molecule has 23 heavy (non-hydrogen) atoms. The molecule has 7 heteroatoms. The summed E-state index contributed by atoms with van der Waals surface area (Å²) in [4.78, 5) is 24.4. The van der Waals surface area contributed by atoms with E-state index >= 15 is 0 Å². The van der Waals surface area contributed by atoms with Crippen LogP contribution in [0.15, 0.2) is 54.3 Å². The van der Waals surface area contributed by atoms with Gasteiger partial charge in [0.2, 0.25) is 5.95 Å². The lowest BCUT2D eigenvalue weighted by Crippen LogP contribution is -2.25. The second-order valence-electron chi connectivity index (χ2n) is 4.71. The standard InChI is InChI=1S/C16H15N5OS/c22-15(18-9-6-14-17-10-11-23-14)12-2-4-13(5-3-12)21-16-19-7-1-8-20-16/h1-5,7-8,10-11H,6,9H2,(H,18,22)(H,19,20,21). The van der Waals surface area contributed by atoms with Crippen molar-refractivity contribution in [2.75, 3.05) is 11.9 Å². The summed E-state index contributed by atoms with van der Waals surface area (Å²) in [5.74, 6) is 0.428. The predicted molar refractivity (Wildman–Crippen MR) is 89.9 cm³/mol. The minimum atomic E-state index is -0.0935. The molecular formula is C16H15N5OS. The summed E-state index contributed by atoms with van der Waals surface area (Å²) < 4.78 is 0. The smallest absolute Gasteiger partial charge is 0.251 e. The second-order valence-corrected chi connectivity index (χ2v) is 5.69. The van der Waals surface area contributed by atoms with Crippen molar-refractivity contribution in [1.29, 1.82) is 0 Å². The van der Waals surface area contributed by atoms with Crippen molar-refractivity contribution < 1.29 is 4.79 Å². The SMILES string of the molecule is O=C(NCCc1nccs1)c1ccc(Nc2ncccn2)cc1. The fraction of sp³-hybridized carbons (Fsp3) is 0.125. The maximum Gasteiger partial charge on any atom is 0.251 e. The van der Waals surface area contributed by atoms with Gasteiger partial charge in [0.05, 0.1) is 5.01 Å². The van der Waals surface area contributed by atoms with Crippen LogP contribution in [0.4, 0.5) is 11.6 Å². The van der Waals surface area contributed by atoms with Gasteiger partial charge in [-0.15, -0.1) is 11.3 Å². The number of benzene rings is 1. The number of carbonyl (C=O) groups is 1. The molecule has 116 valence electrons. The number of rotatable bonds is 6. The van der Waals surface area contributed by atoms with E-state index in [4.69, 9.17) is 0 Å². The number of aromatic nitrogens is 3. The normalized spacial score (nSPS) is 10.3. The summed E-state index contributed by atoms with van der Waals surface area (Å²) >= 11 is 1.59. The fourth-order valence-corrected chi connectivity index (χ4v) is 2.58. The van der Waals surface area contributed by atoms with Crippen molar-refractivity contribution in [3.8, 4) is 0 Å². The van der Waals surface area contributed by atoms with Gasteiger partial charge in [0.25, 0.3) is 5.91 Å². The number of hydrogen-bond acceptors (Lipinski definition) is 6. The van der Waals surface area contributed by atoms with Gasteiger partial charge < -0.3 is 10.6 Å². The third-order valence-corrected chi connectivity index (χ3v) is 3.92. The lowest BCUT2D eigenvalue weighted by Gasteiger charge is -2.06. The molecule has 0 radical (unpaired) electrons. The van der Waals surface area contributed by atoms with Gasteiger partial charge in [0.15, 0.2) is 0 Å². The molecule has 3 aromatic rings. The maximum atomic E-state index is 12.1. The van der Waals surface area contributed by atoms with E-state index < -0.39 is 0 Å². The molecular weight excluding hydrogens is 310 g/mol. The third kappa shape index (κ3) is 4.33. The summed E-state index contributed by atoms with van der Waals surface area (Å²) in [6.45, 7) is 0.574. The van der Waals surface area contributed by atoms with Gasteiger partial charge in [0, 0.05) is 48.2 Å². The van der Waals surface area contributed by atoms with E-state index in [0.717, 1.165) is 17.1 Å². The number of hydrogen-bond donors (Lipinski definition) is 2. The molecule has 0 unspecified atom stereocenters. The lowest BCUT2D eigenvalue weighted by atomic mass is 10.2. The van der Waals surface area contributed by atoms with Crippen LogP contribution < -0.4 is 10.6 Å². The van der Waals surface area contributed by atoms with E-state index in [2.05, 4.69) is 25.6 Å². The van der Waals surface area contributed by atoms with E-state index in [1.54, 1.807) is 48.1 Å². The highest BCUT2D eigenvalue weighted by Crippen LogP contribution is 2.13. The Morgan fingerprint density at radius 2 is 1.83 bits per heavy atom. The molecule has 0 spiro atoms. The van der Waals surface area contributed by atoms with E-state index in [-0.39, 0.29) is 5.91 Å². The largest absolute Gasteiger partial charge is 0.352 e. The zero-order valence-electron chi connectivity index (χ0n) is 12.3. The molecule has 3 rings (SSSR count). The molecule has 0 fully saturated rings. The first-order valence-corrected chi connectivity index (χ1v) is 8.00. The number of amides is 1. The quantitative estimate of drug-likeness (QED) is 0.728. The Kier molecular flexibility index (Phi) is 4.90. The summed E-state index contributed by atoms with van der Waals surface area (Å²) in [5, 5.41) is 8.91.